The molecule has 2 aliphatic rings. The predicted octanol–water partition coefficient (Wildman–Crippen LogP) is 2.76. The molecule has 0 aromatic carbocycles. The maximum Gasteiger partial charge on any atom is 0.407 e. The molecule has 2 aliphatic heterocycles. The lowest BCUT2D eigenvalue weighted by atomic mass is 9.80. The van der Waals surface area contributed by atoms with E-state index in [4.69, 9.17) is 9.47 Å². The van der Waals surface area contributed by atoms with Gasteiger partial charge in [0.2, 0.25) is 6.43 Å². The van der Waals surface area contributed by atoms with Crippen molar-refractivity contribution in [2.24, 2.45) is 11.3 Å². The Morgan fingerprint density at radius 2 is 2.03 bits per heavy atom. The summed E-state index contributed by atoms with van der Waals surface area (Å²) in [6, 6.07) is 0. The third-order valence-electron chi connectivity index (χ3n) is 5.91. The van der Waals surface area contributed by atoms with E-state index in [-0.39, 0.29) is 38.5 Å². The number of hydrogen-bond donors (Lipinski definition) is 2. The normalized spacial score (nSPS) is 20.8. The number of nitrogens with zero attached hydrogens (tertiary/aromatic N) is 2. The van der Waals surface area contributed by atoms with Gasteiger partial charge in [-0.15, -0.1) is 0 Å². The average molecular weight is 443 g/mol. The predicted molar refractivity (Wildman–Crippen MR) is 109 cm³/mol. The van der Waals surface area contributed by atoms with Crippen molar-refractivity contribution in [2.45, 2.75) is 65.0 Å². The lowest BCUT2D eigenvalue weighted by Crippen LogP contribution is -2.46. The molecule has 3 heterocycles. The molecule has 1 atom stereocenters. The molecule has 0 bridgehead atoms. The van der Waals surface area contributed by atoms with Gasteiger partial charge in [-0.25, -0.2) is 13.6 Å². The Balaban J connectivity index is 1.58. The molecule has 0 saturated carbocycles. The number of fused-ring (bicyclic) bond motifs is 1. The lowest BCUT2D eigenvalue weighted by Gasteiger charge is -2.36. The van der Waals surface area contributed by atoms with Crippen molar-refractivity contribution in [1.29, 1.82) is 0 Å². The highest BCUT2D eigenvalue weighted by Crippen LogP contribution is 2.36. The van der Waals surface area contributed by atoms with Gasteiger partial charge < -0.3 is 20.1 Å². The summed E-state index contributed by atoms with van der Waals surface area (Å²) in [7, 11) is 0. The van der Waals surface area contributed by atoms with Gasteiger partial charge >= 0.3 is 6.09 Å². The Kier molecular flexibility index (Phi) is 7.18. The number of carbonyl (C=O) groups is 2. The van der Waals surface area contributed by atoms with E-state index in [9.17, 15) is 18.4 Å². The Bertz CT molecular complexity index is 785. The van der Waals surface area contributed by atoms with Crippen LogP contribution in [-0.2, 0) is 22.4 Å². The molecule has 1 aromatic rings. The molecule has 8 nitrogen and oxygen atoms in total. The minimum atomic E-state index is -2.53. The Morgan fingerprint density at radius 1 is 1.32 bits per heavy atom. The fraction of sp³-hybridized carbons (Fsp3) is 0.762. The number of alkyl carbamates (subject to hydrolysis) is 1. The van der Waals surface area contributed by atoms with Crippen molar-refractivity contribution in [3.05, 3.63) is 17.5 Å². The highest BCUT2D eigenvalue weighted by molar-refractivity contribution is 5.95. The first-order chi connectivity index (χ1) is 14.6. The number of amides is 2. The molecule has 1 saturated heterocycles. The van der Waals surface area contributed by atoms with Crippen LogP contribution < -0.4 is 10.6 Å². The van der Waals surface area contributed by atoms with Gasteiger partial charge in [0.05, 0.1) is 22.9 Å². The van der Waals surface area contributed by atoms with Crippen LogP contribution in [0.3, 0.4) is 0 Å². The summed E-state index contributed by atoms with van der Waals surface area (Å²) in [4.78, 5) is 24.7. The van der Waals surface area contributed by atoms with E-state index in [0.29, 0.717) is 25.1 Å². The lowest BCUT2D eigenvalue weighted by molar-refractivity contribution is -0.0772. The fourth-order valence-corrected chi connectivity index (χ4v) is 4.01. The molecule has 2 N–H and O–H groups in total. The zero-order valence-electron chi connectivity index (χ0n) is 18.4. The van der Waals surface area contributed by atoms with Gasteiger partial charge in [0.1, 0.15) is 5.60 Å². The van der Waals surface area contributed by atoms with Crippen LogP contribution in [0.25, 0.3) is 0 Å². The van der Waals surface area contributed by atoms with Gasteiger partial charge in [0, 0.05) is 32.8 Å². The SMILES string of the molecule is CC(C)(C)OC(=O)NCC1CCn2ncc(C(=O)NCC3(C(F)F)CCOCC3)c2C1. The van der Waals surface area contributed by atoms with Crippen LogP contribution in [0.4, 0.5) is 13.6 Å². The first-order valence-corrected chi connectivity index (χ1v) is 10.8. The van der Waals surface area contributed by atoms with E-state index < -0.39 is 29.4 Å². The third-order valence-corrected chi connectivity index (χ3v) is 5.91. The smallest absolute Gasteiger partial charge is 0.407 e. The van der Waals surface area contributed by atoms with Crippen LogP contribution in [0.1, 0.15) is 56.1 Å². The molecular weight excluding hydrogens is 410 g/mol. The van der Waals surface area contributed by atoms with Crippen molar-refractivity contribution in [1.82, 2.24) is 20.4 Å². The number of rotatable bonds is 6. The average Bonchev–Trinajstić information content (AvgIpc) is 3.13. The second-order valence-electron chi connectivity index (χ2n) is 9.43. The maximum absolute atomic E-state index is 13.7. The summed E-state index contributed by atoms with van der Waals surface area (Å²) >= 11 is 0. The molecule has 0 radical (unpaired) electrons. The summed E-state index contributed by atoms with van der Waals surface area (Å²) in [5, 5.41) is 9.76. The third kappa shape index (κ3) is 5.93. The monoisotopic (exact) mass is 442 g/mol. The standard InChI is InChI=1S/C21H32F2N4O4/c1-20(2,3)31-19(29)24-11-14-4-7-27-16(10-14)15(12-26-27)17(28)25-13-21(18(22)23)5-8-30-9-6-21/h12,14,18H,4-11,13H2,1-3H3,(H,24,29)(H,25,28). The number of aromatic nitrogens is 2. The van der Waals surface area contributed by atoms with Gasteiger partial charge in [-0.1, -0.05) is 0 Å². The topological polar surface area (TPSA) is 94.5 Å². The van der Waals surface area contributed by atoms with Crippen LogP contribution in [0, 0.1) is 11.3 Å². The quantitative estimate of drug-likeness (QED) is 0.707. The molecule has 31 heavy (non-hydrogen) atoms. The van der Waals surface area contributed by atoms with E-state index in [1.807, 2.05) is 0 Å². The van der Waals surface area contributed by atoms with Gasteiger partial charge in [0.25, 0.3) is 5.91 Å². The van der Waals surface area contributed by atoms with Crippen LogP contribution in [0.5, 0.6) is 0 Å². The Morgan fingerprint density at radius 3 is 2.68 bits per heavy atom. The molecule has 1 fully saturated rings. The molecule has 10 heteroatoms. The molecule has 1 aromatic heterocycles. The number of aryl methyl sites for hydroxylation is 1. The first kappa shape index (κ1) is 23.4. The van der Waals surface area contributed by atoms with Crippen molar-refractivity contribution in [3.8, 4) is 0 Å². The number of alkyl halides is 2. The number of nitrogens with one attached hydrogen (secondary N) is 2. The van der Waals surface area contributed by atoms with Gasteiger partial charge in [-0.3, -0.25) is 9.48 Å². The second-order valence-corrected chi connectivity index (χ2v) is 9.43. The zero-order chi connectivity index (χ0) is 22.6. The summed E-state index contributed by atoms with van der Waals surface area (Å²) in [5.74, 6) is -0.264. The number of halogens is 2. The summed E-state index contributed by atoms with van der Waals surface area (Å²) in [6.07, 6.45) is 0.296. The van der Waals surface area contributed by atoms with Crippen molar-refractivity contribution in [3.63, 3.8) is 0 Å². The molecule has 1 unspecified atom stereocenters. The van der Waals surface area contributed by atoms with Crippen molar-refractivity contribution >= 4 is 12.0 Å². The van der Waals surface area contributed by atoms with Crippen molar-refractivity contribution < 1.29 is 27.8 Å². The van der Waals surface area contributed by atoms with E-state index in [0.717, 1.165) is 12.1 Å². The molecule has 174 valence electrons. The second kappa shape index (κ2) is 9.50. The van der Waals surface area contributed by atoms with Crippen LogP contribution in [0.15, 0.2) is 6.20 Å². The number of carbonyl (C=O) groups excluding carboxylic acids is 2. The molecule has 2 amide bonds. The van der Waals surface area contributed by atoms with E-state index in [1.165, 1.54) is 6.20 Å². The molecule has 0 aliphatic carbocycles. The Labute approximate surface area is 181 Å². The largest absolute Gasteiger partial charge is 0.444 e. The minimum Gasteiger partial charge on any atom is -0.444 e. The molecule has 0 spiro atoms. The highest BCUT2D eigenvalue weighted by atomic mass is 19.3. The van der Waals surface area contributed by atoms with Gasteiger partial charge in [-0.05, 0) is 52.4 Å². The highest BCUT2D eigenvalue weighted by Gasteiger charge is 2.42. The fourth-order valence-electron chi connectivity index (χ4n) is 4.01. The molecule has 3 rings (SSSR count). The number of ether oxygens (including phenoxy) is 2. The van der Waals surface area contributed by atoms with Crippen LogP contribution in [0.2, 0.25) is 0 Å². The van der Waals surface area contributed by atoms with E-state index in [2.05, 4.69) is 15.7 Å². The van der Waals surface area contributed by atoms with Crippen LogP contribution in [-0.4, -0.2) is 60.1 Å². The summed E-state index contributed by atoms with van der Waals surface area (Å²) < 4.78 is 39.6. The maximum atomic E-state index is 13.7. The zero-order valence-corrected chi connectivity index (χ0v) is 18.4. The molecular formula is C21H32F2N4O4. The van der Waals surface area contributed by atoms with E-state index in [1.54, 1.807) is 25.5 Å². The Hall–Kier alpha value is -2.23. The minimum absolute atomic E-state index is 0.0961. The van der Waals surface area contributed by atoms with Gasteiger partial charge in [-0.2, -0.15) is 5.10 Å². The van der Waals surface area contributed by atoms with Crippen LogP contribution >= 0.6 is 0 Å². The number of hydrogen-bond acceptors (Lipinski definition) is 5. The first-order valence-electron chi connectivity index (χ1n) is 10.8. The van der Waals surface area contributed by atoms with E-state index >= 15 is 0 Å². The summed E-state index contributed by atoms with van der Waals surface area (Å²) in [5.41, 5.74) is -0.655. The summed E-state index contributed by atoms with van der Waals surface area (Å²) in [6.45, 7) is 6.91. The van der Waals surface area contributed by atoms with Gasteiger partial charge in [0.15, 0.2) is 0 Å². The van der Waals surface area contributed by atoms with Crippen molar-refractivity contribution in [2.75, 3.05) is 26.3 Å².